The maximum atomic E-state index is 14.3. The molecule has 114 valence electrons. The number of nitrogens with zero attached hydrogens (tertiary/aromatic N) is 2. The van der Waals surface area contributed by atoms with Crippen molar-refractivity contribution in [1.82, 2.24) is 10.7 Å². The lowest BCUT2D eigenvalue weighted by atomic mass is 10.1. The van der Waals surface area contributed by atoms with Crippen molar-refractivity contribution in [3.63, 3.8) is 0 Å². The van der Waals surface area contributed by atoms with Gasteiger partial charge in [-0.3, -0.25) is 5.43 Å². The summed E-state index contributed by atoms with van der Waals surface area (Å²) in [5, 5.41) is 7.33. The number of piperidine rings is 1. The number of rotatable bonds is 3. The van der Waals surface area contributed by atoms with Gasteiger partial charge in [-0.1, -0.05) is 6.07 Å². The molecule has 1 heterocycles. The molecule has 0 amide bonds. The van der Waals surface area contributed by atoms with Crippen molar-refractivity contribution in [3.8, 4) is 0 Å². The van der Waals surface area contributed by atoms with E-state index in [0.717, 1.165) is 31.5 Å². The van der Waals surface area contributed by atoms with Crippen LogP contribution < -0.4 is 15.6 Å². The Morgan fingerprint density at radius 1 is 1.29 bits per heavy atom. The first-order valence-electron chi connectivity index (χ1n) is 7.18. The lowest BCUT2D eigenvalue weighted by molar-refractivity contribution is 0.557. The molecule has 1 aliphatic rings. The summed E-state index contributed by atoms with van der Waals surface area (Å²) < 4.78 is 14.3. The number of hydrazone groups is 1. The van der Waals surface area contributed by atoms with E-state index in [4.69, 9.17) is 12.2 Å². The molecule has 0 aromatic heterocycles. The number of halogens is 1. The molecule has 21 heavy (non-hydrogen) atoms. The third kappa shape index (κ3) is 4.14. The van der Waals surface area contributed by atoms with Crippen LogP contribution in [0.1, 0.15) is 31.7 Å². The second-order valence-corrected chi connectivity index (χ2v) is 5.51. The van der Waals surface area contributed by atoms with E-state index in [0.29, 0.717) is 16.5 Å². The average molecular weight is 308 g/mol. The molecule has 0 saturated carbocycles. The van der Waals surface area contributed by atoms with Gasteiger partial charge in [0, 0.05) is 25.7 Å². The Kier molecular flexibility index (Phi) is 5.50. The SMILES string of the molecule is CNC(=S)N/N=C(\C)c1ccc(N2CCCCC2)c(F)c1. The molecule has 1 aromatic carbocycles. The van der Waals surface area contributed by atoms with Gasteiger partial charge in [-0.05, 0) is 50.5 Å². The zero-order valence-corrected chi connectivity index (χ0v) is 13.3. The van der Waals surface area contributed by atoms with Crippen molar-refractivity contribution in [2.75, 3.05) is 25.0 Å². The zero-order valence-electron chi connectivity index (χ0n) is 12.4. The molecule has 6 heteroatoms. The molecule has 2 N–H and O–H groups in total. The molecule has 1 aromatic rings. The van der Waals surface area contributed by atoms with Gasteiger partial charge in [0.15, 0.2) is 5.11 Å². The lowest BCUT2D eigenvalue weighted by Crippen LogP contribution is -2.30. The first kappa shape index (κ1) is 15.7. The van der Waals surface area contributed by atoms with Crippen LogP contribution in [0.25, 0.3) is 0 Å². The van der Waals surface area contributed by atoms with E-state index in [2.05, 4.69) is 20.7 Å². The largest absolute Gasteiger partial charge is 0.369 e. The molecule has 0 bridgehead atoms. The Bertz CT molecular complexity index is 538. The van der Waals surface area contributed by atoms with Gasteiger partial charge < -0.3 is 10.2 Å². The third-order valence-electron chi connectivity index (χ3n) is 3.61. The van der Waals surface area contributed by atoms with Crippen molar-refractivity contribution < 1.29 is 4.39 Å². The predicted molar refractivity (Wildman–Crippen MR) is 89.5 cm³/mol. The van der Waals surface area contributed by atoms with Crippen LogP contribution in [-0.2, 0) is 0 Å². The van der Waals surface area contributed by atoms with E-state index in [1.54, 1.807) is 7.05 Å². The van der Waals surface area contributed by atoms with Gasteiger partial charge in [0.05, 0.1) is 11.4 Å². The molecule has 1 fully saturated rings. The van der Waals surface area contributed by atoms with E-state index in [1.807, 2.05) is 19.1 Å². The zero-order chi connectivity index (χ0) is 15.2. The highest BCUT2D eigenvalue weighted by Crippen LogP contribution is 2.24. The molecule has 0 spiro atoms. The van der Waals surface area contributed by atoms with Gasteiger partial charge in [0.25, 0.3) is 0 Å². The predicted octanol–water partition coefficient (Wildman–Crippen LogP) is 2.63. The van der Waals surface area contributed by atoms with E-state index in [-0.39, 0.29) is 5.82 Å². The number of hydrogen-bond acceptors (Lipinski definition) is 3. The Labute approximate surface area is 130 Å². The van der Waals surface area contributed by atoms with Gasteiger partial charge in [-0.2, -0.15) is 5.10 Å². The summed E-state index contributed by atoms with van der Waals surface area (Å²) in [6.45, 7) is 3.68. The highest BCUT2D eigenvalue weighted by molar-refractivity contribution is 7.80. The maximum Gasteiger partial charge on any atom is 0.186 e. The van der Waals surface area contributed by atoms with Crippen molar-refractivity contribution >= 4 is 28.7 Å². The summed E-state index contributed by atoms with van der Waals surface area (Å²) in [4.78, 5) is 2.11. The molecule has 0 aliphatic carbocycles. The molecule has 1 aliphatic heterocycles. The Hall–Kier alpha value is -1.69. The number of thiocarbonyl (C=S) groups is 1. The second kappa shape index (κ2) is 7.36. The molecular formula is C15H21FN4S. The van der Waals surface area contributed by atoms with Crippen LogP contribution in [0.15, 0.2) is 23.3 Å². The first-order valence-corrected chi connectivity index (χ1v) is 7.59. The molecule has 1 saturated heterocycles. The van der Waals surface area contributed by atoms with Gasteiger partial charge in [-0.25, -0.2) is 4.39 Å². The van der Waals surface area contributed by atoms with E-state index in [1.165, 1.54) is 12.5 Å². The van der Waals surface area contributed by atoms with Gasteiger partial charge in [0.2, 0.25) is 0 Å². The summed E-state index contributed by atoms with van der Waals surface area (Å²) in [5.41, 5.74) is 4.83. The number of hydrogen-bond donors (Lipinski definition) is 2. The fourth-order valence-electron chi connectivity index (χ4n) is 2.38. The minimum Gasteiger partial charge on any atom is -0.369 e. The molecule has 0 unspecified atom stereocenters. The van der Waals surface area contributed by atoms with Crippen LogP contribution in [0.4, 0.5) is 10.1 Å². The van der Waals surface area contributed by atoms with E-state index in [9.17, 15) is 4.39 Å². The van der Waals surface area contributed by atoms with Crippen molar-refractivity contribution in [3.05, 3.63) is 29.6 Å². The van der Waals surface area contributed by atoms with E-state index < -0.39 is 0 Å². The van der Waals surface area contributed by atoms with Crippen LogP contribution in [-0.4, -0.2) is 31.0 Å². The molecule has 0 atom stereocenters. The van der Waals surface area contributed by atoms with Crippen LogP contribution in [0, 0.1) is 5.82 Å². The summed E-state index contributed by atoms with van der Waals surface area (Å²) in [5.74, 6) is -0.194. The number of benzene rings is 1. The summed E-state index contributed by atoms with van der Waals surface area (Å²) in [6, 6.07) is 5.27. The average Bonchev–Trinajstić information content (AvgIpc) is 2.52. The van der Waals surface area contributed by atoms with Gasteiger partial charge >= 0.3 is 0 Å². The molecule has 2 rings (SSSR count). The standard InChI is InChI=1S/C15H21FN4S/c1-11(18-19-15(21)17-2)12-6-7-14(13(16)10-12)20-8-4-3-5-9-20/h6-7,10H,3-5,8-9H2,1-2H3,(H2,17,19,21)/b18-11+. The van der Waals surface area contributed by atoms with Crippen LogP contribution >= 0.6 is 12.2 Å². The molecule has 4 nitrogen and oxygen atoms in total. The van der Waals surface area contributed by atoms with Gasteiger partial charge in [-0.15, -0.1) is 0 Å². The van der Waals surface area contributed by atoms with E-state index >= 15 is 0 Å². The summed E-state index contributed by atoms with van der Waals surface area (Å²) in [6.07, 6.45) is 3.50. The monoisotopic (exact) mass is 308 g/mol. The minimum absolute atomic E-state index is 0.194. The van der Waals surface area contributed by atoms with Crippen molar-refractivity contribution in [1.29, 1.82) is 0 Å². The van der Waals surface area contributed by atoms with Crippen LogP contribution in [0.5, 0.6) is 0 Å². The Morgan fingerprint density at radius 3 is 2.62 bits per heavy atom. The highest BCUT2D eigenvalue weighted by atomic mass is 32.1. The van der Waals surface area contributed by atoms with Gasteiger partial charge in [0.1, 0.15) is 5.82 Å². The summed E-state index contributed by atoms with van der Waals surface area (Å²) in [7, 11) is 1.72. The molecular weight excluding hydrogens is 287 g/mol. The van der Waals surface area contributed by atoms with Crippen molar-refractivity contribution in [2.24, 2.45) is 5.10 Å². The van der Waals surface area contributed by atoms with Crippen LogP contribution in [0.2, 0.25) is 0 Å². The third-order valence-corrected chi connectivity index (χ3v) is 3.91. The lowest BCUT2D eigenvalue weighted by Gasteiger charge is -2.29. The number of nitrogens with one attached hydrogen (secondary N) is 2. The Balaban J connectivity index is 2.12. The first-order chi connectivity index (χ1) is 10.1. The maximum absolute atomic E-state index is 14.3. The highest BCUT2D eigenvalue weighted by Gasteiger charge is 2.15. The quantitative estimate of drug-likeness (QED) is 0.511. The minimum atomic E-state index is -0.194. The summed E-state index contributed by atoms with van der Waals surface area (Å²) >= 11 is 4.95. The number of anilines is 1. The topological polar surface area (TPSA) is 39.7 Å². The second-order valence-electron chi connectivity index (χ2n) is 5.10. The normalized spacial score (nSPS) is 15.8. The smallest absolute Gasteiger partial charge is 0.186 e. The fourth-order valence-corrected chi connectivity index (χ4v) is 2.42. The Morgan fingerprint density at radius 2 is 2.00 bits per heavy atom. The van der Waals surface area contributed by atoms with Crippen molar-refractivity contribution in [2.45, 2.75) is 26.2 Å². The molecule has 0 radical (unpaired) electrons. The fraction of sp³-hybridized carbons (Fsp3) is 0.467. The van der Waals surface area contributed by atoms with Crippen LogP contribution in [0.3, 0.4) is 0 Å².